The van der Waals surface area contributed by atoms with Gasteiger partial charge in [0.2, 0.25) is 0 Å². The molecule has 3 N–H and O–H groups in total. The van der Waals surface area contributed by atoms with Crippen LogP contribution in [0.5, 0.6) is 0 Å². The van der Waals surface area contributed by atoms with Crippen molar-refractivity contribution in [2.24, 2.45) is 10.9 Å². The van der Waals surface area contributed by atoms with Crippen LogP contribution in [-0.2, 0) is 0 Å². The number of amidine groups is 1. The molecule has 0 aliphatic rings. The van der Waals surface area contributed by atoms with Crippen molar-refractivity contribution in [3.63, 3.8) is 0 Å². The number of benzene rings is 1. The normalized spacial score (nSPS) is 11.6. The van der Waals surface area contributed by atoms with Gasteiger partial charge in [0.15, 0.2) is 11.0 Å². The number of rotatable bonds is 3. The Kier molecular flexibility index (Phi) is 4.24. The van der Waals surface area contributed by atoms with Crippen LogP contribution in [0.3, 0.4) is 0 Å². The number of nitrogens with zero attached hydrogens (tertiary/aromatic N) is 3. The number of hydrogen-bond acceptors (Lipinski definition) is 5. The fourth-order valence-electron chi connectivity index (χ4n) is 1.46. The van der Waals surface area contributed by atoms with Gasteiger partial charge in [-0.15, -0.1) is 0 Å². The molecule has 19 heavy (non-hydrogen) atoms. The van der Waals surface area contributed by atoms with E-state index in [0.29, 0.717) is 15.7 Å². The standard InChI is InChI=1S/C12H11ClN4OS/c1-7-5-6-15-12(16-7)19-9-4-2-3-8(13)10(9)11(14)17-18/h2-6,18H,1H3,(H2,14,17). The maximum atomic E-state index is 8.81. The van der Waals surface area contributed by atoms with Crippen molar-refractivity contribution in [3.8, 4) is 0 Å². The van der Waals surface area contributed by atoms with E-state index < -0.39 is 0 Å². The zero-order valence-corrected chi connectivity index (χ0v) is 11.6. The molecule has 0 saturated carbocycles. The van der Waals surface area contributed by atoms with Crippen LogP contribution < -0.4 is 5.73 Å². The van der Waals surface area contributed by atoms with Gasteiger partial charge in [0.1, 0.15) is 0 Å². The largest absolute Gasteiger partial charge is 0.409 e. The monoisotopic (exact) mass is 294 g/mol. The molecule has 2 aromatic rings. The predicted octanol–water partition coefficient (Wildman–Crippen LogP) is 2.68. The molecule has 2 rings (SSSR count). The first kappa shape index (κ1) is 13.6. The van der Waals surface area contributed by atoms with Crippen LogP contribution in [0.4, 0.5) is 0 Å². The summed E-state index contributed by atoms with van der Waals surface area (Å²) >= 11 is 7.38. The lowest BCUT2D eigenvalue weighted by Gasteiger charge is -2.08. The Labute approximate surface area is 119 Å². The number of oxime groups is 1. The Morgan fingerprint density at radius 2 is 2.21 bits per heavy atom. The van der Waals surface area contributed by atoms with Gasteiger partial charge >= 0.3 is 0 Å². The van der Waals surface area contributed by atoms with E-state index in [1.54, 1.807) is 18.3 Å². The van der Waals surface area contributed by atoms with Crippen molar-refractivity contribution in [2.45, 2.75) is 17.0 Å². The lowest BCUT2D eigenvalue weighted by molar-refractivity contribution is 0.318. The van der Waals surface area contributed by atoms with Crippen molar-refractivity contribution >= 4 is 29.2 Å². The summed E-state index contributed by atoms with van der Waals surface area (Å²) in [5.41, 5.74) is 6.98. The summed E-state index contributed by atoms with van der Waals surface area (Å²) in [5.74, 6) is -0.0410. The van der Waals surface area contributed by atoms with Crippen molar-refractivity contribution in [1.29, 1.82) is 0 Å². The van der Waals surface area contributed by atoms with Crippen LogP contribution in [0.25, 0.3) is 0 Å². The van der Waals surface area contributed by atoms with Crippen LogP contribution in [0, 0.1) is 6.92 Å². The van der Waals surface area contributed by atoms with Crippen LogP contribution in [-0.4, -0.2) is 21.0 Å². The molecule has 0 spiro atoms. The maximum absolute atomic E-state index is 8.81. The third kappa shape index (κ3) is 3.15. The molecule has 98 valence electrons. The van der Waals surface area contributed by atoms with Gasteiger partial charge in [-0.25, -0.2) is 9.97 Å². The lowest BCUT2D eigenvalue weighted by Crippen LogP contribution is -2.15. The third-order valence-electron chi connectivity index (χ3n) is 2.31. The zero-order valence-electron chi connectivity index (χ0n) is 10.0. The van der Waals surface area contributed by atoms with Gasteiger partial charge in [0, 0.05) is 16.8 Å². The molecule has 0 aliphatic carbocycles. The van der Waals surface area contributed by atoms with E-state index in [9.17, 15) is 0 Å². The molecule has 0 atom stereocenters. The Morgan fingerprint density at radius 1 is 1.42 bits per heavy atom. The molecule has 0 saturated heterocycles. The highest BCUT2D eigenvalue weighted by atomic mass is 35.5. The van der Waals surface area contributed by atoms with Gasteiger partial charge < -0.3 is 10.9 Å². The van der Waals surface area contributed by atoms with E-state index in [-0.39, 0.29) is 5.84 Å². The van der Waals surface area contributed by atoms with Crippen molar-refractivity contribution < 1.29 is 5.21 Å². The highest BCUT2D eigenvalue weighted by molar-refractivity contribution is 7.99. The minimum absolute atomic E-state index is 0.0410. The minimum Gasteiger partial charge on any atom is -0.409 e. The molecule has 0 fully saturated rings. The minimum atomic E-state index is -0.0410. The van der Waals surface area contributed by atoms with Gasteiger partial charge in [-0.1, -0.05) is 22.8 Å². The number of hydrogen-bond donors (Lipinski definition) is 2. The molecule has 5 nitrogen and oxygen atoms in total. The molecule has 0 unspecified atom stereocenters. The molecular formula is C12H11ClN4OS. The molecule has 1 heterocycles. The summed E-state index contributed by atoms with van der Waals surface area (Å²) in [5, 5.41) is 12.8. The Morgan fingerprint density at radius 3 is 2.89 bits per heavy atom. The quantitative estimate of drug-likeness (QED) is 0.299. The van der Waals surface area contributed by atoms with Gasteiger partial charge in [0.05, 0.1) is 10.6 Å². The second-order valence-corrected chi connectivity index (χ2v) is 5.10. The van der Waals surface area contributed by atoms with Gasteiger partial charge in [-0.2, -0.15) is 0 Å². The molecule has 1 aromatic heterocycles. The fraction of sp³-hybridized carbons (Fsp3) is 0.0833. The molecular weight excluding hydrogens is 284 g/mol. The third-order valence-corrected chi connectivity index (χ3v) is 3.57. The van der Waals surface area contributed by atoms with Crippen molar-refractivity contribution in [2.75, 3.05) is 0 Å². The second kappa shape index (κ2) is 5.90. The number of aryl methyl sites for hydroxylation is 1. The van der Waals surface area contributed by atoms with Crippen LogP contribution >= 0.6 is 23.4 Å². The predicted molar refractivity (Wildman–Crippen MR) is 74.9 cm³/mol. The first-order chi connectivity index (χ1) is 9.11. The number of nitrogens with two attached hydrogens (primary N) is 1. The Balaban J connectivity index is 2.43. The lowest BCUT2D eigenvalue weighted by atomic mass is 10.2. The van der Waals surface area contributed by atoms with E-state index >= 15 is 0 Å². The number of halogens is 1. The van der Waals surface area contributed by atoms with Crippen LogP contribution in [0.1, 0.15) is 11.3 Å². The molecule has 0 bridgehead atoms. The number of aromatic nitrogens is 2. The SMILES string of the molecule is Cc1ccnc(Sc2cccc(Cl)c2C(N)=NO)n1. The van der Waals surface area contributed by atoms with Crippen LogP contribution in [0.15, 0.2) is 45.7 Å². The molecule has 1 aromatic carbocycles. The second-order valence-electron chi connectivity index (χ2n) is 3.68. The molecule has 0 aliphatic heterocycles. The average molecular weight is 295 g/mol. The molecule has 7 heteroatoms. The summed E-state index contributed by atoms with van der Waals surface area (Å²) in [7, 11) is 0. The summed E-state index contributed by atoms with van der Waals surface area (Å²) < 4.78 is 0. The summed E-state index contributed by atoms with van der Waals surface area (Å²) in [6, 6.07) is 7.09. The Hall–Kier alpha value is -1.79. The fourth-order valence-corrected chi connectivity index (χ4v) is 2.75. The van der Waals surface area contributed by atoms with Crippen molar-refractivity contribution in [1.82, 2.24) is 9.97 Å². The smallest absolute Gasteiger partial charge is 0.192 e. The maximum Gasteiger partial charge on any atom is 0.192 e. The molecule has 0 amide bonds. The van der Waals surface area contributed by atoms with Gasteiger partial charge in [-0.3, -0.25) is 0 Å². The van der Waals surface area contributed by atoms with Crippen LogP contribution in [0.2, 0.25) is 5.02 Å². The highest BCUT2D eigenvalue weighted by Gasteiger charge is 2.13. The van der Waals surface area contributed by atoms with E-state index in [1.807, 2.05) is 19.1 Å². The van der Waals surface area contributed by atoms with Crippen molar-refractivity contribution in [3.05, 3.63) is 46.7 Å². The summed E-state index contributed by atoms with van der Waals surface area (Å²) in [6.07, 6.45) is 1.68. The van der Waals surface area contributed by atoms with E-state index in [2.05, 4.69) is 15.1 Å². The topological polar surface area (TPSA) is 84.4 Å². The molecule has 0 radical (unpaired) electrons. The summed E-state index contributed by atoms with van der Waals surface area (Å²) in [6.45, 7) is 1.88. The average Bonchev–Trinajstić information content (AvgIpc) is 2.38. The van der Waals surface area contributed by atoms with E-state index in [1.165, 1.54) is 11.8 Å². The first-order valence-electron chi connectivity index (χ1n) is 5.35. The zero-order chi connectivity index (χ0) is 13.8. The Bertz CT molecular complexity index is 633. The summed E-state index contributed by atoms with van der Waals surface area (Å²) in [4.78, 5) is 9.18. The highest BCUT2D eigenvalue weighted by Crippen LogP contribution is 2.31. The van der Waals surface area contributed by atoms with Gasteiger partial charge in [-0.05, 0) is 36.9 Å². The first-order valence-corrected chi connectivity index (χ1v) is 6.55. The van der Waals surface area contributed by atoms with E-state index in [4.69, 9.17) is 22.5 Å². The van der Waals surface area contributed by atoms with E-state index in [0.717, 1.165) is 10.6 Å². The van der Waals surface area contributed by atoms with Gasteiger partial charge in [0.25, 0.3) is 0 Å².